The molecule has 0 spiro atoms. The molecule has 0 aliphatic carbocycles. The second-order valence-electron chi connectivity index (χ2n) is 10.2. The number of alkyl halides is 3. The number of pyridine rings is 1. The number of hydrogen-bond donors (Lipinski definition) is 1. The Morgan fingerprint density at radius 1 is 1.12 bits per heavy atom. The monoisotopic (exact) mass is 595 g/mol. The minimum Gasteiger partial charge on any atom is -0.438 e. The van der Waals surface area contributed by atoms with E-state index in [2.05, 4.69) is 25.3 Å². The molecule has 1 N–H and O–H groups in total. The summed E-state index contributed by atoms with van der Waals surface area (Å²) in [6.45, 7) is 3.05. The minimum absolute atomic E-state index is 0.0708. The van der Waals surface area contributed by atoms with Crippen LogP contribution in [0, 0.1) is 5.82 Å². The van der Waals surface area contributed by atoms with Crippen molar-refractivity contribution in [1.82, 2.24) is 24.8 Å². The smallest absolute Gasteiger partial charge is 0.416 e. The number of anilines is 2. The Balaban J connectivity index is 1.44. The summed E-state index contributed by atoms with van der Waals surface area (Å²) < 4.78 is 61.7. The Morgan fingerprint density at radius 3 is 2.65 bits per heavy atom. The van der Waals surface area contributed by atoms with Crippen molar-refractivity contribution < 1.29 is 27.1 Å². The van der Waals surface area contributed by atoms with Gasteiger partial charge in [-0.1, -0.05) is 6.92 Å². The van der Waals surface area contributed by atoms with Crippen molar-refractivity contribution in [2.45, 2.75) is 32.0 Å². The molecule has 1 aliphatic heterocycles. The number of benzene rings is 2. The SMILES string of the molecule is CCc1ncnc(-c2cccnc2Oc2ccc(F)c(C(=O)Nc3cc(C(F)(F)F)ccc3N3CC[C@@H](N(C)C)C3)c2)n1. The average molecular weight is 596 g/mol. The summed E-state index contributed by atoms with van der Waals surface area (Å²) in [7, 11) is 3.86. The molecular formula is C30H29F4N7O2. The van der Waals surface area contributed by atoms with E-state index in [0.29, 0.717) is 42.4 Å². The minimum atomic E-state index is -4.63. The number of ether oxygens (including phenoxy) is 1. The largest absolute Gasteiger partial charge is 0.438 e. The maximum atomic E-state index is 14.9. The highest BCUT2D eigenvalue weighted by Gasteiger charge is 2.33. The maximum Gasteiger partial charge on any atom is 0.416 e. The van der Waals surface area contributed by atoms with Crippen LogP contribution in [0.1, 0.15) is 35.1 Å². The molecule has 2 aromatic carbocycles. The van der Waals surface area contributed by atoms with E-state index in [4.69, 9.17) is 4.74 Å². The zero-order chi connectivity index (χ0) is 30.7. The summed E-state index contributed by atoms with van der Waals surface area (Å²) >= 11 is 0. The van der Waals surface area contributed by atoms with Gasteiger partial charge in [0, 0.05) is 31.7 Å². The number of hydrogen-bond acceptors (Lipinski definition) is 8. The Bertz CT molecular complexity index is 1630. The quantitative estimate of drug-likeness (QED) is 0.254. The molecule has 3 heterocycles. The van der Waals surface area contributed by atoms with Gasteiger partial charge < -0.3 is 19.9 Å². The second kappa shape index (κ2) is 12.3. The first kappa shape index (κ1) is 29.8. The molecule has 13 heteroatoms. The first-order valence-corrected chi connectivity index (χ1v) is 13.6. The Kier molecular flexibility index (Phi) is 8.53. The first-order valence-electron chi connectivity index (χ1n) is 13.6. The lowest BCUT2D eigenvalue weighted by molar-refractivity contribution is -0.137. The van der Waals surface area contributed by atoms with E-state index >= 15 is 0 Å². The molecule has 1 atom stereocenters. The topological polar surface area (TPSA) is 96.4 Å². The average Bonchev–Trinajstić information content (AvgIpc) is 3.48. The molecule has 43 heavy (non-hydrogen) atoms. The van der Waals surface area contributed by atoms with Gasteiger partial charge in [-0.05, 0) is 69.0 Å². The van der Waals surface area contributed by atoms with Crippen LogP contribution in [0.2, 0.25) is 0 Å². The van der Waals surface area contributed by atoms with Crippen LogP contribution >= 0.6 is 0 Å². The van der Waals surface area contributed by atoms with Crippen molar-refractivity contribution >= 4 is 17.3 Å². The van der Waals surface area contributed by atoms with Crippen molar-refractivity contribution in [2.75, 3.05) is 37.4 Å². The predicted octanol–water partition coefficient (Wildman–Crippen LogP) is 5.84. The third-order valence-corrected chi connectivity index (χ3v) is 7.15. The number of aryl methyl sites for hydroxylation is 1. The van der Waals surface area contributed by atoms with E-state index in [9.17, 15) is 22.4 Å². The zero-order valence-electron chi connectivity index (χ0n) is 23.7. The Morgan fingerprint density at radius 2 is 1.93 bits per heavy atom. The highest BCUT2D eigenvalue weighted by atomic mass is 19.4. The number of amides is 1. The van der Waals surface area contributed by atoms with Gasteiger partial charge in [0.25, 0.3) is 5.91 Å². The van der Waals surface area contributed by atoms with Gasteiger partial charge in [0.2, 0.25) is 5.88 Å². The van der Waals surface area contributed by atoms with Gasteiger partial charge in [-0.3, -0.25) is 4.79 Å². The number of likely N-dealkylation sites (N-methyl/N-ethyl adjacent to an activating group) is 1. The van der Waals surface area contributed by atoms with Gasteiger partial charge in [0.1, 0.15) is 23.7 Å². The third kappa shape index (κ3) is 6.72. The Labute approximate surface area is 245 Å². The van der Waals surface area contributed by atoms with Gasteiger partial charge >= 0.3 is 6.18 Å². The highest BCUT2D eigenvalue weighted by molar-refractivity contribution is 6.06. The van der Waals surface area contributed by atoms with Crippen LogP contribution < -0.4 is 15.0 Å². The fourth-order valence-corrected chi connectivity index (χ4v) is 4.79. The van der Waals surface area contributed by atoms with Crippen LogP contribution in [0.5, 0.6) is 11.6 Å². The summed E-state index contributed by atoms with van der Waals surface area (Å²) in [6.07, 6.45) is -0.375. The molecule has 1 fully saturated rings. The van der Waals surface area contributed by atoms with Gasteiger partial charge in [0.05, 0.1) is 28.1 Å². The zero-order valence-corrected chi connectivity index (χ0v) is 23.7. The molecule has 0 saturated carbocycles. The van der Waals surface area contributed by atoms with Crippen LogP contribution in [0.3, 0.4) is 0 Å². The van der Waals surface area contributed by atoms with E-state index in [1.807, 2.05) is 30.8 Å². The van der Waals surface area contributed by atoms with Gasteiger partial charge in [-0.2, -0.15) is 13.2 Å². The van der Waals surface area contributed by atoms with Gasteiger partial charge in [-0.25, -0.2) is 24.3 Å². The van der Waals surface area contributed by atoms with Crippen LogP contribution in [0.4, 0.5) is 28.9 Å². The van der Waals surface area contributed by atoms with E-state index in [0.717, 1.165) is 24.6 Å². The first-order chi connectivity index (χ1) is 20.5. The number of nitrogens with one attached hydrogen (secondary N) is 1. The number of carbonyl (C=O) groups excluding carboxylic acids is 1. The molecule has 5 rings (SSSR count). The molecule has 9 nitrogen and oxygen atoms in total. The fraction of sp³-hybridized carbons (Fsp3) is 0.300. The standard InChI is InChI=1S/C30H29F4N7O2/c1-4-26-36-17-37-27(39-26)21-6-5-12-35-29(21)43-20-8-9-23(31)22(15-20)28(42)38-24-14-18(30(32,33)34)7-10-25(24)41-13-11-19(16-41)40(2)3/h5-10,12,14-15,17,19H,4,11,13,16H2,1-3H3,(H,38,42)/t19-/m1/s1. The van der Waals surface area contributed by atoms with Crippen molar-refractivity contribution in [3.05, 3.63) is 83.8 Å². The normalized spacial score (nSPS) is 15.2. The molecule has 2 aromatic heterocycles. The van der Waals surface area contributed by atoms with Gasteiger partial charge in [0.15, 0.2) is 5.82 Å². The van der Waals surface area contributed by atoms with Crippen molar-refractivity contribution in [3.63, 3.8) is 0 Å². The highest BCUT2D eigenvalue weighted by Crippen LogP contribution is 2.37. The maximum absolute atomic E-state index is 14.9. The second-order valence-corrected chi connectivity index (χ2v) is 10.2. The van der Waals surface area contributed by atoms with E-state index in [1.165, 1.54) is 30.7 Å². The third-order valence-electron chi connectivity index (χ3n) is 7.15. The lowest BCUT2D eigenvalue weighted by Gasteiger charge is -2.25. The molecule has 1 saturated heterocycles. The number of aromatic nitrogens is 4. The van der Waals surface area contributed by atoms with Crippen molar-refractivity contribution in [2.24, 2.45) is 0 Å². The van der Waals surface area contributed by atoms with Crippen LogP contribution in [-0.2, 0) is 12.6 Å². The number of rotatable bonds is 8. The molecule has 0 unspecified atom stereocenters. The summed E-state index contributed by atoms with van der Waals surface area (Å²) in [6, 6.07) is 10.3. The lowest BCUT2D eigenvalue weighted by atomic mass is 10.1. The van der Waals surface area contributed by atoms with Crippen molar-refractivity contribution in [3.8, 4) is 23.0 Å². The van der Waals surface area contributed by atoms with Crippen LogP contribution in [-0.4, -0.2) is 64.0 Å². The summed E-state index contributed by atoms with van der Waals surface area (Å²) in [5, 5.41) is 2.51. The molecular weight excluding hydrogens is 566 g/mol. The molecule has 0 radical (unpaired) electrons. The fourth-order valence-electron chi connectivity index (χ4n) is 4.79. The van der Waals surface area contributed by atoms with E-state index in [1.54, 1.807) is 12.1 Å². The number of carbonyl (C=O) groups is 1. The number of nitrogens with zero attached hydrogens (tertiary/aromatic N) is 6. The van der Waals surface area contributed by atoms with E-state index in [-0.39, 0.29) is 23.4 Å². The molecule has 1 amide bonds. The van der Waals surface area contributed by atoms with Crippen molar-refractivity contribution in [1.29, 1.82) is 0 Å². The molecule has 0 bridgehead atoms. The van der Waals surface area contributed by atoms with E-state index < -0.39 is 29.0 Å². The molecule has 4 aromatic rings. The van der Waals surface area contributed by atoms with Crippen LogP contribution in [0.15, 0.2) is 61.1 Å². The summed E-state index contributed by atoms with van der Waals surface area (Å²) in [4.78, 5) is 34.2. The molecule has 1 aliphatic rings. The Hall–Kier alpha value is -4.65. The lowest BCUT2D eigenvalue weighted by Crippen LogP contribution is -2.31. The van der Waals surface area contributed by atoms with Crippen LogP contribution in [0.25, 0.3) is 11.4 Å². The van der Waals surface area contributed by atoms with Gasteiger partial charge in [-0.15, -0.1) is 0 Å². The predicted molar refractivity (Wildman–Crippen MR) is 153 cm³/mol. The summed E-state index contributed by atoms with van der Waals surface area (Å²) in [5.74, 6) is -0.727. The number of halogens is 4. The summed E-state index contributed by atoms with van der Waals surface area (Å²) in [5.41, 5.74) is -0.553. The molecule has 224 valence electrons.